The van der Waals surface area contributed by atoms with Crippen LogP contribution in [0, 0.1) is 0 Å². The number of nitrogens with one attached hydrogen (secondary N) is 1. The fraction of sp³-hybridized carbons (Fsp3) is 0.267. The third-order valence-electron chi connectivity index (χ3n) is 3.08. The van der Waals surface area contributed by atoms with E-state index in [-0.39, 0.29) is 0 Å². The van der Waals surface area contributed by atoms with E-state index in [0.29, 0.717) is 18.5 Å². The molecule has 0 fully saturated rings. The maximum atomic E-state index is 5.60. The lowest BCUT2D eigenvalue weighted by Gasteiger charge is -1.99. The van der Waals surface area contributed by atoms with Gasteiger partial charge in [0.05, 0.1) is 24.4 Å². The topological polar surface area (TPSA) is 73.1 Å². The summed E-state index contributed by atoms with van der Waals surface area (Å²) in [5, 5.41) is 14.3. The lowest BCUT2D eigenvalue weighted by molar-refractivity contribution is 0.415. The summed E-state index contributed by atoms with van der Waals surface area (Å²) in [6.07, 6.45) is 0.951. The van der Waals surface area contributed by atoms with Crippen molar-refractivity contribution in [2.75, 3.05) is 12.4 Å². The molecule has 7 heteroatoms. The second kappa shape index (κ2) is 6.57. The number of rotatable bonds is 6. The van der Waals surface area contributed by atoms with Crippen molar-refractivity contribution >= 4 is 17.4 Å². The number of nitrogens with zero attached hydrogens (tertiary/aromatic N) is 3. The maximum absolute atomic E-state index is 5.60. The van der Waals surface area contributed by atoms with Gasteiger partial charge in [-0.15, -0.1) is 16.4 Å². The lowest BCUT2D eigenvalue weighted by Crippen LogP contribution is -2.00. The Hall–Kier alpha value is -2.41. The highest BCUT2D eigenvalue weighted by atomic mass is 32.1. The average molecular weight is 316 g/mol. The molecule has 0 atom stereocenters. The Kier molecular flexibility index (Phi) is 4.34. The first-order valence-corrected chi connectivity index (χ1v) is 7.81. The van der Waals surface area contributed by atoms with Gasteiger partial charge in [-0.05, 0) is 30.7 Å². The fourth-order valence-electron chi connectivity index (χ4n) is 1.90. The minimum atomic E-state index is 0.386. The van der Waals surface area contributed by atoms with Gasteiger partial charge < -0.3 is 14.5 Å². The third-order valence-corrected chi connectivity index (χ3v) is 4.13. The van der Waals surface area contributed by atoms with E-state index in [4.69, 9.17) is 9.15 Å². The van der Waals surface area contributed by atoms with Crippen LogP contribution in [0.25, 0.3) is 11.5 Å². The van der Waals surface area contributed by atoms with Crippen molar-refractivity contribution in [1.82, 2.24) is 15.2 Å². The van der Waals surface area contributed by atoms with Gasteiger partial charge in [-0.1, -0.05) is 12.0 Å². The molecule has 114 valence electrons. The van der Waals surface area contributed by atoms with Crippen molar-refractivity contribution in [2.24, 2.45) is 0 Å². The average Bonchev–Trinajstić information content (AvgIpc) is 3.22. The highest BCUT2D eigenvalue weighted by Gasteiger charge is 2.09. The van der Waals surface area contributed by atoms with Crippen LogP contribution in [-0.2, 0) is 13.0 Å². The summed E-state index contributed by atoms with van der Waals surface area (Å²) in [5.74, 6) is 1.26. The molecular formula is C15H16N4O2S. The minimum absolute atomic E-state index is 0.386. The normalized spacial score (nSPS) is 10.6. The maximum Gasteiger partial charge on any atom is 0.316 e. The summed E-state index contributed by atoms with van der Waals surface area (Å²) in [7, 11) is 1.63. The largest absolute Gasteiger partial charge is 0.497 e. The Morgan fingerprint density at radius 1 is 1.23 bits per heavy atom. The monoisotopic (exact) mass is 316 g/mol. The number of aryl methyl sites for hydroxylation is 1. The molecule has 0 aliphatic heterocycles. The Labute approximate surface area is 132 Å². The Bertz CT molecular complexity index is 736. The molecule has 0 amide bonds. The van der Waals surface area contributed by atoms with Crippen molar-refractivity contribution in [1.29, 1.82) is 0 Å². The van der Waals surface area contributed by atoms with E-state index in [0.717, 1.165) is 28.4 Å². The molecule has 0 aliphatic rings. The number of methoxy groups -OCH3 is 1. The summed E-state index contributed by atoms with van der Waals surface area (Å²) in [6, 6.07) is 7.85. The van der Waals surface area contributed by atoms with E-state index in [2.05, 4.69) is 27.4 Å². The summed E-state index contributed by atoms with van der Waals surface area (Å²) >= 11 is 1.66. The van der Waals surface area contributed by atoms with Crippen molar-refractivity contribution in [3.8, 4) is 17.2 Å². The number of thiazole rings is 1. The molecule has 0 spiro atoms. The van der Waals surface area contributed by atoms with E-state index >= 15 is 0 Å². The Balaban J connectivity index is 1.65. The van der Waals surface area contributed by atoms with Crippen molar-refractivity contribution in [2.45, 2.75) is 19.9 Å². The first-order valence-electron chi connectivity index (χ1n) is 6.93. The molecule has 0 aliphatic carbocycles. The quantitative estimate of drug-likeness (QED) is 0.751. The highest BCUT2D eigenvalue weighted by Crippen LogP contribution is 2.22. The van der Waals surface area contributed by atoms with Crippen LogP contribution in [0.15, 0.2) is 34.1 Å². The summed E-state index contributed by atoms with van der Waals surface area (Å²) in [5.41, 5.74) is 1.83. The van der Waals surface area contributed by atoms with Gasteiger partial charge in [-0.2, -0.15) is 0 Å². The molecule has 2 heterocycles. The van der Waals surface area contributed by atoms with Crippen molar-refractivity contribution < 1.29 is 9.15 Å². The van der Waals surface area contributed by atoms with E-state index in [9.17, 15) is 0 Å². The van der Waals surface area contributed by atoms with Gasteiger partial charge in [-0.25, -0.2) is 4.98 Å². The molecule has 3 rings (SSSR count). The zero-order chi connectivity index (χ0) is 15.4. The molecule has 2 aromatic heterocycles. The van der Waals surface area contributed by atoms with Gasteiger partial charge in [0.1, 0.15) is 5.75 Å². The van der Waals surface area contributed by atoms with Gasteiger partial charge in [0, 0.05) is 10.9 Å². The van der Waals surface area contributed by atoms with E-state index < -0.39 is 0 Å². The van der Waals surface area contributed by atoms with E-state index in [1.807, 2.05) is 29.6 Å². The number of anilines is 1. The van der Waals surface area contributed by atoms with E-state index in [1.54, 1.807) is 18.4 Å². The van der Waals surface area contributed by atoms with Gasteiger partial charge in [-0.3, -0.25) is 0 Å². The number of hydrogen-bond acceptors (Lipinski definition) is 7. The second-order valence-electron chi connectivity index (χ2n) is 4.58. The van der Waals surface area contributed by atoms with Gasteiger partial charge >= 0.3 is 6.01 Å². The smallest absolute Gasteiger partial charge is 0.316 e. The highest BCUT2D eigenvalue weighted by molar-refractivity contribution is 7.09. The molecule has 0 unspecified atom stereocenters. The van der Waals surface area contributed by atoms with Crippen LogP contribution >= 0.6 is 11.3 Å². The number of hydrogen-bond donors (Lipinski definition) is 1. The number of ether oxygens (including phenoxy) is 1. The van der Waals surface area contributed by atoms with Crippen LogP contribution in [0.4, 0.5) is 6.01 Å². The molecule has 6 nitrogen and oxygen atoms in total. The predicted octanol–water partition coefficient (Wildman–Crippen LogP) is 3.38. The molecule has 0 saturated heterocycles. The number of benzene rings is 1. The fourth-order valence-corrected chi connectivity index (χ4v) is 2.65. The zero-order valence-corrected chi connectivity index (χ0v) is 13.2. The lowest BCUT2D eigenvalue weighted by atomic mass is 10.2. The molecule has 0 saturated carbocycles. The van der Waals surface area contributed by atoms with Gasteiger partial charge in [0.2, 0.25) is 5.89 Å². The third kappa shape index (κ3) is 3.25. The number of aromatic nitrogens is 3. The molecule has 1 N–H and O–H groups in total. The minimum Gasteiger partial charge on any atom is -0.497 e. The predicted molar refractivity (Wildman–Crippen MR) is 85.1 cm³/mol. The summed E-state index contributed by atoms with van der Waals surface area (Å²) in [4.78, 5) is 4.48. The van der Waals surface area contributed by atoms with Crippen LogP contribution in [-0.4, -0.2) is 22.3 Å². The second-order valence-corrected chi connectivity index (χ2v) is 5.52. The van der Waals surface area contributed by atoms with Crippen LogP contribution in [0.5, 0.6) is 5.75 Å². The zero-order valence-electron chi connectivity index (χ0n) is 12.4. The Morgan fingerprint density at radius 3 is 2.73 bits per heavy atom. The first kappa shape index (κ1) is 14.5. The molecular weight excluding hydrogens is 300 g/mol. The van der Waals surface area contributed by atoms with E-state index in [1.165, 1.54) is 0 Å². The van der Waals surface area contributed by atoms with Crippen molar-refractivity contribution in [3.05, 3.63) is 40.3 Å². The summed E-state index contributed by atoms with van der Waals surface area (Å²) in [6.45, 7) is 2.66. The van der Waals surface area contributed by atoms with Crippen LogP contribution < -0.4 is 10.1 Å². The Morgan fingerprint density at radius 2 is 2.05 bits per heavy atom. The summed E-state index contributed by atoms with van der Waals surface area (Å²) < 4.78 is 10.7. The van der Waals surface area contributed by atoms with Crippen LogP contribution in [0.2, 0.25) is 0 Å². The standard InChI is InChI=1S/C15H16N4O2S/c1-3-13-17-11(9-22-13)8-16-15-19-18-14(21-15)10-4-6-12(20-2)7-5-10/h4-7,9H,3,8H2,1-2H3,(H,16,19). The van der Waals surface area contributed by atoms with Gasteiger partial charge in [0.25, 0.3) is 0 Å². The SMILES string of the molecule is CCc1nc(CNc2nnc(-c3ccc(OC)cc3)o2)cs1. The molecule has 0 radical (unpaired) electrons. The molecule has 3 aromatic rings. The van der Waals surface area contributed by atoms with Gasteiger partial charge in [0.15, 0.2) is 0 Å². The molecule has 1 aromatic carbocycles. The molecule has 0 bridgehead atoms. The molecule has 22 heavy (non-hydrogen) atoms. The first-order chi connectivity index (χ1) is 10.8. The van der Waals surface area contributed by atoms with Crippen molar-refractivity contribution in [3.63, 3.8) is 0 Å². The van der Waals surface area contributed by atoms with Crippen LogP contribution in [0.1, 0.15) is 17.6 Å². The van der Waals surface area contributed by atoms with Crippen LogP contribution in [0.3, 0.4) is 0 Å².